The molecule has 0 bridgehead atoms. The van der Waals surface area contributed by atoms with E-state index in [9.17, 15) is 0 Å². The van der Waals surface area contributed by atoms with Crippen LogP contribution in [0.1, 0.15) is 36.8 Å². The molecule has 0 saturated heterocycles. The molecule has 20 heavy (non-hydrogen) atoms. The Morgan fingerprint density at radius 2 is 2.30 bits per heavy atom. The number of rotatable bonds is 3. The third kappa shape index (κ3) is 2.59. The Balaban J connectivity index is 1.86. The van der Waals surface area contributed by atoms with Crippen LogP contribution in [0.4, 0.5) is 0 Å². The molecule has 106 valence electrons. The molecule has 0 fully saturated rings. The highest BCUT2D eigenvalue weighted by Crippen LogP contribution is 2.40. The first-order valence-electron chi connectivity index (χ1n) is 6.26. The quantitative estimate of drug-likeness (QED) is 0.911. The topological polar surface area (TPSA) is 75.7 Å². The van der Waals surface area contributed by atoms with E-state index in [0.717, 1.165) is 12.0 Å². The molecule has 2 N–H and O–H groups in total. The van der Waals surface area contributed by atoms with Gasteiger partial charge in [-0.2, -0.15) is 5.21 Å². The van der Waals surface area contributed by atoms with Crippen molar-refractivity contribution in [1.29, 1.82) is 0 Å². The maximum atomic E-state index is 6.17. The summed E-state index contributed by atoms with van der Waals surface area (Å²) in [6.45, 7) is 2.58. The summed E-state index contributed by atoms with van der Waals surface area (Å²) in [4.78, 5) is 0. The zero-order chi connectivity index (χ0) is 14.1. The van der Waals surface area contributed by atoms with Crippen LogP contribution in [0.15, 0.2) is 12.1 Å². The molecule has 0 aliphatic carbocycles. The number of hydrogen-bond donors (Lipinski definition) is 2. The number of tetrazole rings is 1. The molecule has 0 saturated carbocycles. The summed E-state index contributed by atoms with van der Waals surface area (Å²) in [6, 6.07) is 3.61. The predicted molar refractivity (Wildman–Crippen MR) is 75.0 cm³/mol. The number of hydrogen-bond acceptors (Lipinski definition) is 5. The van der Waals surface area contributed by atoms with Gasteiger partial charge in [-0.15, -0.1) is 10.2 Å². The van der Waals surface area contributed by atoms with Crippen molar-refractivity contribution in [2.45, 2.75) is 25.4 Å². The second-order valence-electron chi connectivity index (χ2n) is 4.65. The van der Waals surface area contributed by atoms with Crippen LogP contribution in [0.25, 0.3) is 0 Å². The van der Waals surface area contributed by atoms with Crippen molar-refractivity contribution in [2.75, 3.05) is 6.61 Å². The Bertz CT molecular complexity index is 604. The highest BCUT2D eigenvalue weighted by molar-refractivity contribution is 6.35. The number of fused-ring (bicyclic) bond motifs is 1. The molecule has 2 atom stereocenters. The van der Waals surface area contributed by atoms with E-state index >= 15 is 0 Å². The van der Waals surface area contributed by atoms with Crippen molar-refractivity contribution < 1.29 is 4.74 Å². The molecule has 2 unspecified atom stereocenters. The molecule has 0 spiro atoms. The van der Waals surface area contributed by atoms with Crippen molar-refractivity contribution >= 4 is 23.2 Å². The van der Waals surface area contributed by atoms with Gasteiger partial charge in [-0.3, -0.25) is 0 Å². The van der Waals surface area contributed by atoms with Gasteiger partial charge < -0.3 is 10.1 Å². The number of halogens is 2. The molecule has 8 heteroatoms. The minimum absolute atomic E-state index is 0.0394. The minimum atomic E-state index is -0.0394. The van der Waals surface area contributed by atoms with E-state index in [-0.39, 0.29) is 12.1 Å². The molecule has 3 rings (SSSR count). The van der Waals surface area contributed by atoms with Crippen LogP contribution in [0.5, 0.6) is 5.75 Å². The number of aromatic amines is 1. The molecule has 1 aromatic heterocycles. The van der Waals surface area contributed by atoms with Gasteiger partial charge in [0.1, 0.15) is 5.75 Å². The average molecular weight is 314 g/mol. The Morgan fingerprint density at radius 1 is 1.45 bits per heavy atom. The smallest absolute Gasteiger partial charge is 0.191 e. The van der Waals surface area contributed by atoms with Gasteiger partial charge in [0.2, 0.25) is 0 Å². The largest absolute Gasteiger partial charge is 0.492 e. The lowest BCUT2D eigenvalue weighted by atomic mass is 9.99. The molecular formula is C12H13Cl2N5O. The first kappa shape index (κ1) is 13.6. The number of aromatic nitrogens is 4. The first-order chi connectivity index (χ1) is 9.65. The lowest BCUT2D eigenvalue weighted by molar-refractivity contribution is 0.245. The average Bonchev–Trinajstić information content (AvgIpc) is 2.93. The van der Waals surface area contributed by atoms with E-state index in [1.165, 1.54) is 0 Å². The minimum Gasteiger partial charge on any atom is -0.492 e. The summed E-state index contributed by atoms with van der Waals surface area (Å²) in [7, 11) is 0. The van der Waals surface area contributed by atoms with Crippen LogP contribution >= 0.6 is 23.2 Å². The fourth-order valence-electron chi connectivity index (χ4n) is 2.33. The van der Waals surface area contributed by atoms with Gasteiger partial charge in [0.15, 0.2) is 5.82 Å². The van der Waals surface area contributed by atoms with Gasteiger partial charge in [-0.05, 0) is 19.1 Å². The van der Waals surface area contributed by atoms with E-state index in [2.05, 4.69) is 25.9 Å². The number of benzene rings is 1. The standard InChI is InChI=1S/C12H13Cl2N5O/c1-6(12-16-18-19-17-12)15-10-2-3-20-11-8(10)4-7(13)5-9(11)14/h4-6,10,15H,2-3H2,1H3,(H,16,17,18,19). The lowest BCUT2D eigenvalue weighted by Crippen LogP contribution is -2.30. The van der Waals surface area contributed by atoms with Gasteiger partial charge in [-0.25, -0.2) is 0 Å². The number of nitrogens with zero attached hydrogens (tertiary/aromatic N) is 3. The summed E-state index contributed by atoms with van der Waals surface area (Å²) in [6.07, 6.45) is 0.825. The Morgan fingerprint density at radius 3 is 3.05 bits per heavy atom. The highest BCUT2D eigenvalue weighted by Gasteiger charge is 2.26. The molecular weight excluding hydrogens is 301 g/mol. The zero-order valence-corrected chi connectivity index (χ0v) is 12.2. The molecule has 2 aromatic rings. The lowest BCUT2D eigenvalue weighted by Gasteiger charge is -2.29. The molecule has 2 heterocycles. The van der Waals surface area contributed by atoms with Crippen LogP contribution in [-0.4, -0.2) is 27.2 Å². The van der Waals surface area contributed by atoms with Crippen molar-refractivity contribution in [3.8, 4) is 5.75 Å². The summed E-state index contributed by atoms with van der Waals surface area (Å²) < 4.78 is 5.63. The van der Waals surface area contributed by atoms with E-state index in [1.54, 1.807) is 6.07 Å². The molecule has 1 aliphatic heterocycles. The van der Waals surface area contributed by atoms with Crippen LogP contribution in [-0.2, 0) is 0 Å². The van der Waals surface area contributed by atoms with Crippen LogP contribution in [0.3, 0.4) is 0 Å². The number of ether oxygens (including phenoxy) is 1. The Kier molecular flexibility index (Phi) is 3.78. The molecule has 0 amide bonds. The van der Waals surface area contributed by atoms with Crippen molar-refractivity contribution in [2.24, 2.45) is 0 Å². The van der Waals surface area contributed by atoms with Gasteiger partial charge in [-0.1, -0.05) is 28.4 Å². The molecule has 1 aliphatic rings. The summed E-state index contributed by atoms with van der Waals surface area (Å²) in [5.74, 6) is 1.31. The third-order valence-corrected chi connectivity index (χ3v) is 3.76. The summed E-state index contributed by atoms with van der Waals surface area (Å²) in [5.41, 5.74) is 0.962. The van der Waals surface area contributed by atoms with Gasteiger partial charge >= 0.3 is 0 Å². The van der Waals surface area contributed by atoms with Gasteiger partial charge in [0, 0.05) is 23.0 Å². The van der Waals surface area contributed by atoms with Gasteiger partial charge in [0.25, 0.3) is 0 Å². The maximum Gasteiger partial charge on any atom is 0.191 e. The van der Waals surface area contributed by atoms with Crippen LogP contribution < -0.4 is 10.1 Å². The summed E-state index contributed by atoms with van der Waals surface area (Å²) in [5, 5.41) is 18.6. The maximum absolute atomic E-state index is 6.17. The molecule has 0 radical (unpaired) electrons. The first-order valence-corrected chi connectivity index (χ1v) is 7.02. The van der Waals surface area contributed by atoms with Crippen LogP contribution in [0, 0.1) is 0 Å². The van der Waals surface area contributed by atoms with E-state index in [4.69, 9.17) is 27.9 Å². The summed E-state index contributed by atoms with van der Waals surface area (Å²) >= 11 is 12.2. The highest BCUT2D eigenvalue weighted by atomic mass is 35.5. The monoisotopic (exact) mass is 313 g/mol. The van der Waals surface area contributed by atoms with E-state index in [0.29, 0.717) is 28.2 Å². The fourth-order valence-corrected chi connectivity index (χ4v) is 2.89. The van der Waals surface area contributed by atoms with Crippen LogP contribution in [0.2, 0.25) is 10.0 Å². The second-order valence-corrected chi connectivity index (χ2v) is 5.50. The number of H-pyrrole nitrogens is 1. The Hall–Kier alpha value is -1.37. The zero-order valence-electron chi connectivity index (χ0n) is 10.7. The Labute approximate surface area is 125 Å². The normalized spacial score (nSPS) is 19.2. The predicted octanol–water partition coefficient (Wildman–Crippen LogP) is 2.68. The SMILES string of the molecule is CC(NC1CCOc2c(Cl)cc(Cl)cc21)c1nn[nH]n1. The molecule has 1 aromatic carbocycles. The van der Waals surface area contributed by atoms with Crippen molar-refractivity contribution in [3.05, 3.63) is 33.6 Å². The van der Waals surface area contributed by atoms with E-state index < -0.39 is 0 Å². The third-order valence-electron chi connectivity index (χ3n) is 3.27. The van der Waals surface area contributed by atoms with Gasteiger partial charge in [0.05, 0.1) is 17.7 Å². The molecule has 6 nitrogen and oxygen atoms in total. The second kappa shape index (κ2) is 5.55. The van der Waals surface area contributed by atoms with Crippen molar-refractivity contribution in [3.63, 3.8) is 0 Å². The fraction of sp³-hybridized carbons (Fsp3) is 0.417. The van der Waals surface area contributed by atoms with Crippen molar-refractivity contribution in [1.82, 2.24) is 25.9 Å². The van der Waals surface area contributed by atoms with E-state index in [1.807, 2.05) is 13.0 Å². The number of nitrogens with one attached hydrogen (secondary N) is 2.